The van der Waals surface area contributed by atoms with Crippen LogP contribution in [0.25, 0.3) is 0 Å². The SMILES string of the molecule is C1=CC/C(=C\NCc2ccccc2)CC1. The molecule has 1 aliphatic carbocycles. The van der Waals surface area contributed by atoms with Crippen molar-refractivity contribution in [1.29, 1.82) is 0 Å². The number of nitrogens with one attached hydrogen (secondary N) is 1. The summed E-state index contributed by atoms with van der Waals surface area (Å²) in [6.45, 7) is 0.925. The third-order valence-corrected chi connectivity index (χ3v) is 2.63. The highest BCUT2D eigenvalue weighted by atomic mass is 14.8. The molecule has 0 fully saturated rings. The van der Waals surface area contributed by atoms with E-state index in [0.29, 0.717) is 0 Å². The lowest BCUT2D eigenvalue weighted by Gasteiger charge is -2.09. The predicted molar refractivity (Wildman–Crippen MR) is 64.4 cm³/mol. The van der Waals surface area contributed by atoms with Gasteiger partial charge in [0, 0.05) is 6.54 Å². The molecule has 0 amide bonds. The first kappa shape index (κ1) is 10.0. The molecule has 0 spiro atoms. The van der Waals surface area contributed by atoms with E-state index in [1.807, 2.05) is 6.07 Å². The molecule has 1 N–H and O–H groups in total. The minimum Gasteiger partial charge on any atom is -0.387 e. The number of hydrogen-bond acceptors (Lipinski definition) is 1. The maximum atomic E-state index is 3.38. The number of allylic oxidation sites excluding steroid dienone is 3. The molecule has 1 aliphatic rings. The average Bonchev–Trinajstić information content (AvgIpc) is 2.32. The zero-order valence-electron chi connectivity index (χ0n) is 8.95. The van der Waals surface area contributed by atoms with Crippen LogP contribution < -0.4 is 5.32 Å². The van der Waals surface area contributed by atoms with E-state index in [9.17, 15) is 0 Å². The summed E-state index contributed by atoms with van der Waals surface area (Å²) in [5.41, 5.74) is 2.84. The first-order valence-electron chi connectivity index (χ1n) is 5.55. The first-order valence-corrected chi connectivity index (χ1v) is 5.55. The summed E-state index contributed by atoms with van der Waals surface area (Å²) in [6.07, 6.45) is 10.2. The largest absolute Gasteiger partial charge is 0.387 e. The van der Waals surface area contributed by atoms with Crippen LogP contribution in [0.3, 0.4) is 0 Å². The second-order valence-corrected chi connectivity index (χ2v) is 3.88. The highest BCUT2D eigenvalue weighted by Crippen LogP contribution is 2.15. The van der Waals surface area contributed by atoms with Crippen molar-refractivity contribution in [3.05, 3.63) is 59.8 Å². The summed E-state index contributed by atoms with van der Waals surface area (Å²) < 4.78 is 0. The van der Waals surface area contributed by atoms with E-state index >= 15 is 0 Å². The fourth-order valence-electron chi connectivity index (χ4n) is 1.76. The van der Waals surface area contributed by atoms with Gasteiger partial charge in [-0.3, -0.25) is 0 Å². The van der Waals surface area contributed by atoms with Crippen molar-refractivity contribution >= 4 is 0 Å². The fraction of sp³-hybridized carbons (Fsp3) is 0.286. The molecule has 1 aromatic carbocycles. The van der Waals surface area contributed by atoms with Gasteiger partial charge in [-0.2, -0.15) is 0 Å². The Morgan fingerprint density at radius 1 is 1.13 bits per heavy atom. The third kappa shape index (κ3) is 3.28. The molecule has 0 unspecified atom stereocenters. The van der Waals surface area contributed by atoms with Crippen molar-refractivity contribution in [3.8, 4) is 0 Å². The molecule has 0 bridgehead atoms. The number of hydrogen-bond donors (Lipinski definition) is 1. The van der Waals surface area contributed by atoms with Crippen molar-refractivity contribution in [3.63, 3.8) is 0 Å². The molecule has 0 saturated heterocycles. The second-order valence-electron chi connectivity index (χ2n) is 3.88. The standard InChI is InChI=1S/C14H17N/c1-3-7-13(8-4-1)11-15-12-14-9-5-2-6-10-14/h1-5,7-8,12,15H,6,9-11H2/b14-12+. The van der Waals surface area contributed by atoms with Gasteiger partial charge in [0.05, 0.1) is 0 Å². The van der Waals surface area contributed by atoms with Crippen LogP contribution >= 0.6 is 0 Å². The number of rotatable bonds is 3. The Kier molecular flexibility index (Phi) is 3.61. The number of benzene rings is 1. The van der Waals surface area contributed by atoms with Crippen LogP contribution in [0.5, 0.6) is 0 Å². The van der Waals surface area contributed by atoms with Gasteiger partial charge in [-0.05, 0) is 31.0 Å². The Morgan fingerprint density at radius 2 is 2.00 bits per heavy atom. The maximum Gasteiger partial charge on any atom is 0.0395 e. The van der Waals surface area contributed by atoms with Gasteiger partial charge in [-0.15, -0.1) is 0 Å². The van der Waals surface area contributed by atoms with Gasteiger partial charge >= 0.3 is 0 Å². The summed E-state index contributed by atoms with van der Waals surface area (Å²) in [5, 5.41) is 3.38. The van der Waals surface area contributed by atoms with Gasteiger partial charge in [0.25, 0.3) is 0 Å². The lowest BCUT2D eigenvalue weighted by Crippen LogP contribution is -2.06. The molecule has 0 aliphatic heterocycles. The molecule has 0 heterocycles. The first-order chi connectivity index (χ1) is 7.45. The summed E-state index contributed by atoms with van der Waals surface area (Å²) in [6, 6.07) is 10.5. The highest BCUT2D eigenvalue weighted by Gasteiger charge is 1.98. The van der Waals surface area contributed by atoms with Crippen molar-refractivity contribution in [2.24, 2.45) is 0 Å². The average molecular weight is 199 g/mol. The Hall–Kier alpha value is -1.50. The molecule has 1 aromatic rings. The Bertz CT molecular complexity index is 349. The maximum absolute atomic E-state index is 3.38. The van der Waals surface area contributed by atoms with Crippen LogP contribution in [-0.4, -0.2) is 0 Å². The summed E-state index contributed by atoms with van der Waals surface area (Å²) in [7, 11) is 0. The van der Waals surface area contributed by atoms with Crippen molar-refractivity contribution < 1.29 is 0 Å². The molecule has 0 atom stereocenters. The lowest BCUT2D eigenvalue weighted by atomic mass is 10.0. The molecule has 0 aromatic heterocycles. The molecule has 2 rings (SSSR count). The van der Waals surface area contributed by atoms with Gasteiger partial charge in [0.1, 0.15) is 0 Å². The molecule has 0 radical (unpaired) electrons. The fourth-order valence-corrected chi connectivity index (χ4v) is 1.76. The normalized spacial score (nSPS) is 18.0. The van der Waals surface area contributed by atoms with E-state index in [1.54, 1.807) is 0 Å². The van der Waals surface area contributed by atoms with Crippen LogP contribution in [0.2, 0.25) is 0 Å². The molecular weight excluding hydrogens is 182 g/mol. The van der Waals surface area contributed by atoms with Crippen molar-refractivity contribution in [2.75, 3.05) is 0 Å². The Labute approximate surface area is 91.5 Å². The van der Waals surface area contributed by atoms with E-state index in [2.05, 4.69) is 47.9 Å². The lowest BCUT2D eigenvalue weighted by molar-refractivity contribution is 0.819. The zero-order valence-corrected chi connectivity index (χ0v) is 8.95. The molecule has 15 heavy (non-hydrogen) atoms. The van der Waals surface area contributed by atoms with Crippen LogP contribution in [0.1, 0.15) is 24.8 Å². The minimum absolute atomic E-state index is 0.925. The van der Waals surface area contributed by atoms with E-state index in [1.165, 1.54) is 24.0 Å². The molecule has 1 nitrogen and oxygen atoms in total. The monoisotopic (exact) mass is 199 g/mol. The van der Waals surface area contributed by atoms with Crippen LogP contribution in [0.4, 0.5) is 0 Å². The summed E-state index contributed by atoms with van der Waals surface area (Å²) in [5.74, 6) is 0. The quantitative estimate of drug-likeness (QED) is 0.736. The van der Waals surface area contributed by atoms with Gasteiger partial charge in [-0.25, -0.2) is 0 Å². The highest BCUT2D eigenvalue weighted by molar-refractivity contribution is 5.16. The minimum atomic E-state index is 0.925. The van der Waals surface area contributed by atoms with Gasteiger partial charge in [0.15, 0.2) is 0 Å². The van der Waals surface area contributed by atoms with Crippen molar-refractivity contribution in [2.45, 2.75) is 25.8 Å². The summed E-state index contributed by atoms with van der Waals surface area (Å²) >= 11 is 0. The van der Waals surface area contributed by atoms with Crippen LogP contribution in [0.15, 0.2) is 54.3 Å². The van der Waals surface area contributed by atoms with Gasteiger partial charge in [-0.1, -0.05) is 48.1 Å². The third-order valence-electron chi connectivity index (χ3n) is 2.63. The second kappa shape index (κ2) is 5.40. The van der Waals surface area contributed by atoms with Gasteiger partial charge < -0.3 is 5.32 Å². The Balaban J connectivity index is 1.81. The van der Waals surface area contributed by atoms with E-state index in [4.69, 9.17) is 0 Å². The molecule has 78 valence electrons. The zero-order chi connectivity index (χ0) is 10.3. The van der Waals surface area contributed by atoms with Crippen LogP contribution in [0, 0.1) is 0 Å². The topological polar surface area (TPSA) is 12.0 Å². The van der Waals surface area contributed by atoms with E-state index in [-0.39, 0.29) is 0 Å². The van der Waals surface area contributed by atoms with Crippen molar-refractivity contribution in [1.82, 2.24) is 5.32 Å². The predicted octanol–water partition coefficient (Wildman–Crippen LogP) is 3.40. The molecular formula is C14H17N. The van der Waals surface area contributed by atoms with E-state index in [0.717, 1.165) is 13.0 Å². The Morgan fingerprint density at radius 3 is 2.73 bits per heavy atom. The van der Waals surface area contributed by atoms with E-state index < -0.39 is 0 Å². The smallest absolute Gasteiger partial charge is 0.0395 e. The molecule has 0 saturated carbocycles. The van der Waals surface area contributed by atoms with Crippen LogP contribution in [-0.2, 0) is 6.54 Å². The molecule has 1 heteroatoms. The van der Waals surface area contributed by atoms with Gasteiger partial charge in [0.2, 0.25) is 0 Å². The summed E-state index contributed by atoms with van der Waals surface area (Å²) in [4.78, 5) is 0.